The zero-order valence-corrected chi connectivity index (χ0v) is 10.1. The van der Waals surface area contributed by atoms with Gasteiger partial charge in [0.2, 0.25) is 0 Å². The summed E-state index contributed by atoms with van der Waals surface area (Å²) in [6.07, 6.45) is 3.08. The van der Waals surface area contributed by atoms with Crippen molar-refractivity contribution < 1.29 is 9.72 Å². The maximum atomic E-state index is 11.8. The Hall–Kier alpha value is -2.77. The fourth-order valence-corrected chi connectivity index (χ4v) is 1.57. The van der Waals surface area contributed by atoms with Gasteiger partial charge in [0, 0.05) is 18.1 Å². The van der Waals surface area contributed by atoms with Gasteiger partial charge in [-0.2, -0.15) is 0 Å². The second-order valence-corrected chi connectivity index (χ2v) is 3.84. The predicted octanol–water partition coefficient (Wildman–Crippen LogP) is 1.13. The van der Waals surface area contributed by atoms with Crippen LogP contribution in [0.4, 0.5) is 11.5 Å². The highest BCUT2D eigenvalue weighted by Gasteiger charge is 2.19. The Balaban J connectivity index is 2.09. The second-order valence-electron chi connectivity index (χ2n) is 3.84. The monoisotopic (exact) mass is 261 g/mol. The van der Waals surface area contributed by atoms with Crippen molar-refractivity contribution >= 4 is 17.4 Å². The van der Waals surface area contributed by atoms with Gasteiger partial charge in [-0.1, -0.05) is 5.10 Å². The largest absolute Gasteiger partial charge is 0.358 e. The average molecular weight is 261 g/mol. The Morgan fingerprint density at radius 1 is 1.47 bits per heavy atom. The fraction of sp³-hybridized carbons (Fsp3) is 0.182. The van der Waals surface area contributed by atoms with E-state index in [0.717, 1.165) is 4.68 Å². The molecule has 0 spiro atoms. The number of nitro groups is 1. The lowest BCUT2D eigenvalue weighted by atomic mass is 10.4. The molecular formula is C11H11N5O3. The van der Waals surface area contributed by atoms with Crippen LogP contribution in [-0.4, -0.2) is 25.6 Å². The lowest BCUT2D eigenvalue weighted by Crippen LogP contribution is -2.20. The zero-order chi connectivity index (χ0) is 13.8. The summed E-state index contributed by atoms with van der Waals surface area (Å²) in [7, 11) is 0. The molecule has 2 aromatic rings. The van der Waals surface area contributed by atoms with Gasteiger partial charge < -0.3 is 15.4 Å². The minimum absolute atomic E-state index is 0.206. The molecule has 0 radical (unpaired) electrons. The third-order valence-corrected chi connectivity index (χ3v) is 2.33. The summed E-state index contributed by atoms with van der Waals surface area (Å²) in [5.41, 5.74) is 1.06. The van der Waals surface area contributed by atoms with E-state index in [2.05, 4.69) is 15.4 Å². The van der Waals surface area contributed by atoms with E-state index in [9.17, 15) is 14.9 Å². The summed E-state index contributed by atoms with van der Waals surface area (Å²) in [6.45, 7) is 1.41. The van der Waals surface area contributed by atoms with Crippen LogP contribution in [0, 0.1) is 17.0 Å². The van der Waals surface area contributed by atoms with Gasteiger partial charge in [0.25, 0.3) is 5.91 Å². The van der Waals surface area contributed by atoms with Crippen molar-refractivity contribution in [1.29, 1.82) is 0 Å². The Labute approximate surface area is 108 Å². The van der Waals surface area contributed by atoms with Gasteiger partial charge >= 0.3 is 5.82 Å². The van der Waals surface area contributed by atoms with Gasteiger partial charge in [0.05, 0.1) is 11.8 Å². The summed E-state index contributed by atoms with van der Waals surface area (Å²) < 4.78 is 1.06. The second kappa shape index (κ2) is 5.25. The van der Waals surface area contributed by atoms with Crippen LogP contribution < -0.4 is 5.32 Å². The smallest absolute Gasteiger partial charge is 0.345 e. The van der Waals surface area contributed by atoms with Crippen molar-refractivity contribution in [3.8, 4) is 0 Å². The first-order chi connectivity index (χ1) is 9.06. The summed E-state index contributed by atoms with van der Waals surface area (Å²) in [6, 6.07) is 4.57. The van der Waals surface area contributed by atoms with E-state index in [1.807, 2.05) is 0 Å². The number of rotatable bonds is 4. The SMILES string of the molecule is Cc1cc([N+](=O)[O-])n(CC(=O)Nc2ccncc2)n1. The van der Waals surface area contributed by atoms with E-state index in [0.29, 0.717) is 11.4 Å². The molecule has 0 saturated heterocycles. The lowest BCUT2D eigenvalue weighted by molar-refractivity contribution is -0.392. The molecule has 0 bridgehead atoms. The van der Waals surface area contributed by atoms with Gasteiger partial charge in [-0.15, -0.1) is 4.68 Å². The van der Waals surface area contributed by atoms with Crippen LogP contribution in [0.3, 0.4) is 0 Å². The van der Waals surface area contributed by atoms with Gasteiger partial charge in [-0.25, -0.2) is 0 Å². The molecule has 1 amide bonds. The van der Waals surface area contributed by atoms with Crippen LogP contribution in [0.5, 0.6) is 0 Å². The van der Waals surface area contributed by atoms with E-state index in [1.54, 1.807) is 19.1 Å². The van der Waals surface area contributed by atoms with Crippen molar-refractivity contribution in [2.75, 3.05) is 5.32 Å². The molecule has 0 aromatic carbocycles. The fourth-order valence-electron chi connectivity index (χ4n) is 1.57. The molecule has 1 N–H and O–H groups in total. The first-order valence-corrected chi connectivity index (χ1v) is 5.45. The predicted molar refractivity (Wildman–Crippen MR) is 66.5 cm³/mol. The van der Waals surface area contributed by atoms with Gasteiger partial charge in [-0.05, 0) is 24.0 Å². The normalized spacial score (nSPS) is 10.2. The molecule has 0 aliphatic rings. The summed E-state index contributed by atoms with van der Waals surface area (Å²) in [5.74, 6) is -0.597. The highest BCUT2D eigenvalue weighted by molar-refractivity contribution is 5.90. The van der Waals surface area contributed by atoms with Crippen molar-refractivity contribution in [3.63, 3.8) is 0 Å². The molecule has 19 heavy (non-hydrogen) atoms. The number of anilines is 1. The minimum atomic E-state index is -0.570. The number of hydrogen-bond acceptors (Lipinski definition) is 5. The number of carbonyl (C=O) groups excluding carboxylic acids is 1. The number of aryl methyl sites for hydroxylation is 1. The van der Waals surface area contributed by atoms with Crippen LogP contribution in [0.15, 0.2) is 30.6 Å². The van der Waals surface area contributed by atoms with E-state index in [4.69, 9.17) is 0 Å². The van der Waals surface area contributed by atoms with Gasteiger partial charge in [-0.3, -0.25) is 9.78 Å². The molecule has 98 valence electrons. The molecule has 2 aromatic heterocycles. The Kier molecular flexibility index (Phi) is 3.51. The molecule has 0 aliphatic carbocycles. The number of pyridine rings is 1. The highest BCUT2D eigenvalue weighted by atomic mass is 16.6. The Bertz CT molecular complexity index is 608. The minimum Gasteiger partial charge on any atom is -0.358 e. The molecule has 0 saturated carbocycles. The maximum Gasteiger partial charge on any atom is 0.345 e. The Morgan fingerprint density at radius 3 is 2.79 bits per heavy atom. The van der Waals surface area contributed by atoms with Crippen LogP contribution in [-0.2, 0) is 11.3 Å². The Morgan fingerprint density at radius 2 is 2.16 bits per heavy atom. The number of aromatic nitrogens is 3. The first kappa shape index (κ1) is 12.7. The average Bonchev–Trinajstić information content (AvgIpc) is 2.71. The molecule has 8 nitrogen and oxygen atoms in total. The molecule has 2 rings (SSSR count). The maximum absolute atomic E-state index is 11.8. The summed E-state index contributed by atoms with van der Waals surface area (Å²) in [5, 5.41) is 17.3. The number of amides is 1. The molecule has 0 fully saturated rings. The van der Waals surface area contributed by atoms with Gasteiger partial charge in [0.1, 0.15) is 0 Å². The third kappa shape index (κ3) is 3.12. The van der Waals surface area contributed by atoms with Crippen molar-refractivity contribution in [3.05, 3.63) is 46.4 Å². The highest BCUT2D eigenvalue weighted by Crippen LogP contribution is 2.13. The number of nitrogens with one attached hydrogen (secondary N) is 1. The van der Waals surface area contributed by atoms with Crippen LogP contribution in [0.2, 0.25) is 0 Å². The molecular weight excluding hydrogens is 250 g/mol. The van der Waals surface area contributed by atoms with Crippen LogP contribution in [0.1, 0.15) is 5.69 Å². The number of carbonyl (C=O) groups is 1. The van der Waals surface area contributed by atoms with E-state index < -0.39 is 10.8 Å². The van der Waals surface area contributed by atoms with Crippen molar-refractivity contribution in [2.45, 2.75) is 13.5 Å². The van der Waals surface area contributed by atoms with Crippen molar-refractivity contribution in [2.24, 2.45) is 0 Å². The lowest BCUT2D eigenvalue weighted by Gasteiger charge is -2.03. The van der Waals surface area contributed by atoms with Crippen molar-refractivity contribution in [1.82, 2.24) is 14.8 Å². The number of nitrogens with zero attached hydrogens (tertiary/aromatic N) is 4. The topological polar surface area (TPSA) is 103 Å². The summed E-state index contributed by atoms with van der Waals surface area (Å²) >= 11 is 0. The molecule has 0 aliphatic heterocycles. The van der Waals surface area contributed by atoms with E-state index >= 15 is 0 Å². The standard InChI is InChI=1S/C11H11N5O3/c1-8-6-11(16(18)19)15(14-8)7-10(17)13-9-2-4-12-5-3-9/h2-6H,7H2,1H3,(H,12,13,17). The van der Waals surface area contributed by atoms with Crippen LogP contribution >= 0.6 is 0 Å². The first-order valence-electron chi connectivity index (χ1n) is 5.45. The van der Waals surface area contributed by atoms with Crippen LogP contribution in [0.25, 0.3) is 0 Å². The van der Waals surface area contributed by atoms with Gasteiger partial charge in [0.15, 0.2) is 6.54 Å². The molecule has 0 unspecified atom stereocenters. The number of hydrogen-bond donors (Lipinski definition) is 1. The van der Waals surface area contributed by atoms with E-state index in [-0.39, 0.29) is 12.4 Å². The van der Waals surface area contributed by atoms with E-state index in [1.165, 1.54) is 18.5 Å². The molecule has 0 atom stereocenters. The third-order valence-electron chi connectivity index (χ3n) is 2.33. The molecule has 8 heteroatoms. The quantitative estimate of drug-likeness (QED) is 0.656. The summed E-state index contributed by atoms with van der Waals surface area (Å²) in [4.78, 5) is 25.8. The molecule has 2 heterocycles. The zero-order valence-electron chi connectivity index (χ0n) is 10.1.